The molecule has 0 aliphatic rings. The van der Waals surface area contributed by atoms with Gasteiger partial charge in [-0.05, 0) is 36.6 Å². The van der Waals surface area contributed by atoms with Crippen molar-refractivity contribution < 1.29 is 4.79 Å². The van der Waals surface area contributed by atoms with Gasteiger partial charge in [-0.25, -0.2) is 0 Å². The van der Waals surface area contributed by atoms with Crippen molar-refractivity contribution in [2.24, 2.45) is 0 Å². The number of aldehydes is 1. The van der Waals surface area contributed by atoms with Gasteiger partial charge in [0.25, 0.3) is 0 Å². The van der Waals surface area contributed by atoms with Crippen LogP contribution in [0, 0.1) is 6.92 Å². The number of aryl methyl sites for hydroxylation is 1. The first-order valence-electron chi connectivity index (χ1n) is 4.08. The van der Waals surface area contributed by atoms with Gasteiger partial charge in [0.2, 0.25) is 0 Å². The molecule has 0 amide bonds. The van der Waals surface area contributed by atoms with E-state index in [0.29, 0.717) is 6.42 Å². The van der Waals surface area contributed by atoms with Gasteiger partial charge < -0.3 is 4.79 Å². The molecule has 0 aliphatic heterocycles. The molecule has 0 saturated heterocycles. The molecule has 0 radical (unpaired) electrons. The van der Waals surface area contributed by atoms with E-state index in [1.165, 1.54) is 0 Å². The molecule has 1 rings (SSSR count). The third kappa shape index (κ3) is 3.07. The number of hydrogen-bond donors (Lipinski definition) is 0. The van der Waals surface area contributed by atoms with E-state index in [0.717, 1.165) is 26.4 Å². The Morgan fingerprint density at radius 3 is 2.36 bits per heavy atom. The van der Waals surface area contributed by atoms with E-state index in [1.807, 2.05) is 19.1 Å². The van der Waals surface area contributed by atoms with Crippen molar-refractivity contribution in [3.63, 3.8) is 0 Å². The Kier molecular flexibility index (Phi) is 4.61. The lowest BCUT2D eigenvalue weighted by Gasteiger charge is -2.09. The van der Waals surface area contributed by atoms with E-state index in [1.54, 1.807) is 0 Å². The Bertz CT molecular complexity index is 329. The number of halogens is 3. The summed E-state index contributed by atoms with van der Waals surface area (Å²) >= 11 is 12.7. The third-order valence-corrected chi connectivity index (χ3v) is 3.50. The first-order chi connectivity index (χ1) is 6.54. The fourth-order valence-corrected chi connectivity index (χ4v) is 3.06. The maximum atomic E-state index is 10.4. The molecule has 0 saturated carbocycles. The Balaban J connectivity index is 3.02. The predicted octanol–water partition coefficient (Wildman–Crippen LogP) is 3.87. The average molecular weight is 340 g/mol. The van der Waals surface area contributed by atoms with Crippen molar-refractivity contribution in [3.8, 4) is 0 Å². The molecule has 0 fully saturated rings. The van der Waals surface area contributed by atoms with E-state index in [9.17, 15) is 4.79 Å². The van der Waals surface area contributed by atoms with Crippen molar-refractivity contribution in [1.29, 1.82) is 0 Å². The van der Waals surface area contributed by atoms with Gasteiger partial charge in [0, 0.05) is 8.95 Å². The summed E-state index contributed by atoms with van der Waals surface area (Å²) in [7, 11) is 0. The number of carbonyl (C=O) groups is 1. The largest absolute Gasteiger partial charge is 0.302 e. The van der Waals surface area contributed by atoms with Crippen LogP contribution in [0.5, 0.6) is 0 Å². The lowest BCUT2D eigenvalue weighted by Crippen LogP contribution is -2.05. The number of rotatable bonds is 3. The molecule has 0 spiro atoms. The van der Waals surface area contributed by atoms with Crippen molar-refractivity contribution >= 4 is 49.7 Å². The summed E-state index contributed by atoms with van der Waals surface area (Å²) in [4.78, 5) is 10.4. The van der Waals surface area contributed by atoms with Crippen LogP contribution >= 0.6 is 43.5 Å². The lowest BCUT2D eigenvalue weighted by molar-refractivity contribution is -0.107. The minimum absolute atomic E-state index is 0.467. The highest BCUT2D eigenvalue weighted by Crippen LogP contribution is 2.28. The molecule has 0 bridgehead atoms. The molecule has 1 atom stereocenters. The van der Waals surface area contributed by atoms with Gasteiger partial charge >= 0.3 is 0 Å². The van der Waals surface area contributed by atoms with Gasteiger partial charge in [-0.3, -0.25) is 0 Å². The van der Waals surface area contributed by atoms with Crippen LogP contribution in [0.2, 0.25) is 0 Å². The summed E-state index contributed by atoms with van der Waals surface area (Å²) < 4.78 is 1.97. The number of carbonyl (C=O) groups excluding carboxylic acids is 1. The standard InChI is InChI=1S/C10H9Br2ClO/c1-6-2-9(11)8(10(12)3-6)4-7(13)5-14/h2-3,5,7H,4H2,1H3. The van der Waals surface area contributed by atoms with Gasteiger partial charge in [-0.15, -0.1) is 11.6 Å². The van der Waals surface area contributed by atoms with Crippen LogP contribution < -0.4 is 0 Å². The molecule has 0 N–H and O–H groups in total. The van der Waals surface area contributed by atoms with E-state index in [4.69, 9.17) is 11.6 Å². The maximum absolute atomic E-state index is 10.4. The maximum Gasteiger partial charge on any atom is 0.138 e. The summed E-state index contributed by atoms with van der Waals surface area (Å²) in [5.41, 5.74) is 2.19. The van der Waals surface area contributed by atoms with Crippen molar-refractivity contribution in [2.45, 2.75) is 18.7 Å². The van der Waals surface area contributed by atoms with E-state index in [-0.39, 0.29) is 0 Å². The topological polar surface area (TPSA) is 17.1 Å². The zero-order valence-electron chi connectivity index (χ0n) is 7.56. The number of alkyl halides is 1. The molecule has 14 heavy (non-hydrogen) atoms. The Labute approximate surface area is 105 Å². The molecule has 1 aromatic carbocycles. The van der Waals surface area contributed by atoms with Crippen molar-refractivity contribution in [1.82, 2.24) is 0 Å². The first-order valence-corrected chi connectivity index (χ1v) is 6.10. The molecule has 0 aliphatic carbocycles. The second-order valence-corrected chi connectivity index (χ2v) is 5.33. The Hall–Kier alpha value is 0.140. The quantitative estimate of drug-likeness (QED) is 0.603. The normalized spacial score (nSPS) is 12.6. The molecular weight excluding hydrogens is 331 g/mol. The van der Waals surface area contributed by atoms with Crippen LogP contribution in [0.4, 0.5) is 0 Å². The third-order valence-electron chi connectivity index (χ3n) is 1.83. The second kappa shape index (κ2) is 5.29. The minimum Gasteiger partial charge on any atom is -0.302 e. The molecule has 4 heteroatoms. The summed E-state index contributed by atoms with van der Waals surface area (Å²) in [5.74, 6) is 0. The van der Waals surface area contributed by atoms with Crippen LogP contribution in [0.15, 0.2) is 21.1 Å². The highest BCUT2D eigenvalue weighted by molar-refractivity contribution is 9.11. The zero-order valence-corrected chi connectivity index (χ0v) is 11.5. The van der Waals surface area contributed by atoms with Crippen LogP contribution in [0.1, 0.15) is 11.1 Å². The van der Waals surface area contributed by atoms with Gasteiger partial charge in [0.15, 0.2) is 0 Å². The summed E-state index contributed by atoms with van der Waals surface area (Å²) in [6.07, 6.45) is 1.28. The SMILES string of the molecule is Cc1cc(Br)c(CC(Cl)C=O)c(Br)c1. The minimum atomic E-state index is -0.467. The van der Waals surface area contributed by atoms with Gasteiger partial charge in [-0.1, -0.05) is 31.9 Å². The smallest absolute Gasteiger partial charge is 0.138 e. The highest BCUT2D eigenvalue weighted by atomic mass is 79.9. The van der Waals surface area contributed by atoms with Crippen LogP contribution in [-0.2, 0) is 11.2 Å². The van der Waals surface area contributed by atoms with Gasteiger partial charge in [-0.2, -0.15) is 0 Å². The predicted molar refractivity (Wildman–Crippen MR) is 66.0 cm³/mol. The van der Waals surface area contributed by atoms with Crippen LogP contribution in [-0.4, -0.2) is 11.7 Å². The fraction of sp³-hybridized carbons (Fsp3) is 0.300. The van der Waals surface area contributed by atoms with Crippen LogP contribution in [0.25, 0.3) is 0 Å². The number of benzene rings is 1. The lowest BCUT2D eigenvalue weighted by atomic mass is 10.1. The fourth-order valence-electron chi connectivity index (χ4n) is 1.17. The first kappa shape index (κ1) is 12.2. The second-order valence-electron chi connectivity index (χ2n) is 3.06. The van der Waals surface area contributed by atoms with E-state index in [2.05, 4.69) is 31.9 Å². The molecular formula is C10H9Br2ClO. The Morgan fingerprint density at radius 2 is 1.93 bits per heavy atom. The van der Waals surface area contributed by atoms with E-state index < -0.39 is 5.38 Å². The molecule has 1 nitrogen and oxygen atoms in total. The molecule has 0 aromatic heterocycles. The zero-order chi connectivity index (χ0) is 10.7. The molecule has 1 unspecified atom stereocenters. The van der Waals surface area contributed by atoms with E-state index >= 15 is 0 Å². The highest BCUT2D eigenvalue weighted by Gasteiger charge is 2.11. The summed E-state index contributed by atoms with van der Waals surface area (Å²) in [6.45, 7) is 2.01. The summed E-state index contributed by atoms with van der Waals surface area (Å²) in [6, 6.07) is 4.02. The Morgan fingerprint density at radius 1 is 1.43 bits per heavy atom. The average Bonchev–Trinajstić information content (AvgIpc) is 2.10. The van der Waals surface area contributed by atoms with Gasteiger partial charge in [0.1, 0.15) is 6.29 Å². The molecule has 76 valence electrons. The monoisotopic (exact) mass is 338 g/mol. The van der Waals surface area contributed by atoms with Crippen molar-refractivity contribution in [3.05, 3.63) is 32.2 Å². The number of hydrogen-bond acceptors (Lipinski definition) is 1. The summed E-state index contributed by atoms with van der Waals surface area (Å²) in [5, 5.41) is -0.467. The van der Waals surface area contributed by atoms with Crippen LogP contribution in [0.3, 0.4) is 0 Å². The molecule has 0 heterocycles. The van der Waals surface area contributed by atoms with Gasteiger partial charge in [0.05, 0.1) is 5.38 Å². The van der Waals surface area contributed by atoms with Crippen molar-refractivity contribution in [2.75, 3.05) is 0 Å². The molecule has 1 aromatic rings.